The van der Waals surface area contributed by atoms with E-state index in [0.29, 0.717) is 28.4 Å². The number of Topliss-reactive ketones (excluding diaryl/α,β-unsaturated/α-hetero) is 1. The summed E-state index contributed by atoms with van der Waals surface area (Å²) in [7, 11) is 4.58. The van der Waals surface area contributed by atoms with Crippen LogP contribution >= 0.6 is 0 Å². The van der Waals surface area contributed by atoms with Gasteiger partial charge >= 0.3 is 0 Å². The highest BCUT2D eigenvalue weighted by Crippen LogP contribution is 2.42. The maximum absolute atomic E-state index is 12.4. The average molecular weight is 316 g/mol. The molecule has 1 atom stereocenters. The number of carbonyl (C=O) groups excluding carboxylic acids is 1. The lowest BCUT2D eigenvalue weighted by Crippen LogP contribution is -2.13. The van der Waals surface area contributed by atoms with Crippen molar-refractivity contribution in [2.24, 2.45) is 0 Å². The number of methoxy groups -OCH3 is 3. The highest BCUT2D eigenvalue weighted by atomic mass is 16.5. The van der Waals surface area contributed by atoms with Crippen LogP contribution in [-0.2, 0) is 4.79 Å². The summed E-state index contributed by atoms with van der Waals surface area (Å²) < 4.78 is 16.0. The molecule has 0 aliphatic heterocycles. The Hall–Kier alpha value is -2.69. The van der Waals surface area contributed by atoms with Gasteiger partial charge < -0.3 is 19.3 Å². The first-order chi connectivity index (χ1) is 11.0. The minimum absolute atomic E-state index is 0.00516. The summed E-state index contributed by atoms with van der Waals surface area (Å²) in [5, 5.41) is 10.3. The van der Waals surface area contributed by atoms with E-state index >= 15 is 0 Å². The third-order valence-corrected chi connectivity index (χ3v) is 3.71. The number of phenols is 1. The van der Waals surface area contributed by atoms with Crippen molar-refractivity contribution < 1.29 is 24.1 Å². The van der Waals surface area contributed by atoms with Crippen molar-refractivity contribution in [3.63, 3.8) is 0 Å². The van der Waals surface area contributed by atoms with E-state index in [0.717, 1.165) is 0 Å². The molecule has 0 aliphatic carbocycles. The Kier molecular flexibility index (Phi) is 5.11. The highest BCUT2D eigenvalue weighted by molar-refractivity contribution is 5.89. The van der Waals surface area contributed by atoms with E-state index in [9.17, 15) is 9.90 Å². The summed E-state index contributed by atoms with van der Waals surface area (Å²) in [5.41, 5.74) is 1.02. The average Bonchev–Trinajstić information content (AvgIpc) is 2.56. The first-order valence-corrected chi connectivity index (χ1v) is 7.11. The SMILES string of the molecule is COc1ccc(OC)c(C(C(C)=O)c2c(O)cccc2OC)c1. The number of ether oxygens (including phenoxy) is 3. The number of hydrogen-bond acceptors (Lipinski definition) is 5. The van der Waals surface area contributed by atoms with E-state index in [4.69, 9.17) is 14.2 Å². The fraction of sp³-hybridized carbons (Fsp3) is 0.278. The maximum atomic E-state index is 12.4. The van der Waals surface area contributed by atoms with Crippen LogP contribution in [0.1, 0.15) is 24.0 Å². The van der Waals surface area contributed by atoms with Gasteiger partial charge in [-0.2, -0.15) is 0 Å². The highest BCUT2D eigenvalue weighted by Gasteiger charge is 2.29. The van der Waals surface area contributed by atoms with Gasteiger partial charge in [0.1, 0.15) is 28.8 Å². The second-order valence-corrected chi connectivity index (χ2v) is 5.04. The molecule has 0 aromatic heterocycles. The van der Waals surface area contributed by atoms with Gasteiger partial charge in [0.25, 0.3) is 0 Å². The fourth-order valence-electron chi connectivity index (χ4n) is 2.64. The number of phenolic OH excluding ortho intramolecular Hbond substituents is 1. The maximum Gasteiger partial charge on any atom is 0.142 e. The van der Waals surface area contributed by atoms with E-state index in [1.807, 2.05) is 0 Å². The van der Waals surface area contributed by atoms with Crippen molar-refractivity contribution in [3.8, 4) is 23.0 Å². The van der Waals surface area contributed by atoms with Gasteiger partial charge in [-0.15, -0.1) is 0 Å². The summed E-state index contributed by atoms with van der Waals surface area (Å²) in [5.74, 6) is 0.704. The molecule has 1 unspecified atom stereocenters. The van der Waals surface area contributed by atoms with E-state index < -0.39 is 5.92 Å². The van der Waals surface area contributed by atoms with Crippen molar-refractivity contribution in [2.45, 2.75) is 12.8 Å². The van der Waals surface area contributed by atoms with Gasteiger partial charge in [0, 0.05) is 5.56 Å². The molecule has 5 heteroatoms. The molecule has 0 spiro atoms. The van der Waals surface area contributed by atoms with Gasteiger partial charge in [-0.3, -0.25) is 4.79 Å². The molecular formula is C18H20O5. The van der Waals surface area contributed by atoms with Gasteiger partial charge in [0.2, 0.25) is 0 Å². The van der Waals surface area contributed by atoms with Gasteiger partial charge in [-0.1, -0.05) is 6.07 Å². The Labute approximate surface area is 135 Å². The molecule has 0 saturated heterocycles. The molecule has 122 valence electrons. The second kappa shape index (κ2) is 7.05. The Bertz CT molecular complexity index is 709. The molecule has 0 heterocycles. The monoisotopic (exact) mass is 316 g/mol. The molecule has 2 aromatic carbocycles. The molecule has 2 aromatic rings. The molecule has 0 fully saturated rings. The summed E-state index contributed by atoms with van der Waals surface area (Å²) in [6.07, 6.45) is 0. The quantitative estimate of drug-likeness (QED) is 0.887. The largest absolute Gasteiger partial charge is 0.507 e. The number of ketones is 1. The first-order valence-electron chi connectivity index (χ1n) is 7.11. The number of carbonyl (C=O) groups is 1. The van der Waals surface area contributed by atoms with Crippen LogP contribution in [0.5, 0.6) is 23.0 Å². The number of hydrogen-bond donors (Lipinski definition) is 1. The zero-order chi connectivity index (χ0) is 17.0. The van der Waals surface area contributed by atoms with E-state index in [1.165, 1.54) is 27.2 Å². The molecule has 1 N–H and O–H groups in total. The van der Waals surface area contributed by atoms with Crippen molar-refractivity contribution >= 4 is 5.78 Å². The summed E-state index contributed by atoms with van der Waals surface area (Å²) in [6.45, 7) is 1.47. The van der Waals surface area contributed by atoms with Crippen molar-refractivity contribution in [3.05, 3.63) is 47.5 Å². The van der Waals surface area contributed by atoms with Crippen LogP contribution in [0.25, 0.3) is 0 Å². The van der Waals surface area contributed by atoms with Crippen LogP contribution in [0.4, 0.5) is 0 Å². The fourth-order valence-corrected chi connectivity index (χ4v) is 2.64. The van der Waals surface area contributed by atoms with E-state index in [-0.39, 0.29) is 11.5 Å². The van der Waals surface area contributed by atoms with Crippen LogP contribution < -0.4 is 14.2 Å². The van der Waals surface area contributed by atoms with Crippen LogP contribution in [0.2, 0.25) is 0 Å². The smallest absolute Gasteiger partial charge is 0.142 e. The summed E-state index contributed by atoms with van der Waals surface area (Å²) in [6, 6.07) is 10.1. The van der Waals surface area contributed by atoms with Crippen molar-refractivity contribution in [1.29, 1.82) is 0 Å². The first kappa shape index (κ1) is 16.7. The zero-order valence-corrected chi connectivity index (χ0v) is 13.6. The lowest BCUT2D eigenvalue weighted by Gasteiger charge is -2.21. The molecule has 0 radical (unpaired) electrons. The predicted octanol–water partition coefficient (Wildman–Crippen LogP) is 3.14. The topological polar surface area (TPSA) is 65.0 Å². The van der Waals surface area contributed by atoms with Gasteiger partial charge in [-0.25, -0.2) is 0 Å². The molecule has 0 bridgehead atoms. The molecule has 0 amide bonds. The summed E-state index contributed by atoms with van der Waals surface area (Å²) >= 11 is 0. The standard InChI is InChI=1S/C18H20O5/c1-11(19)17(18-14(20)6-5-7-16(18)23-4)13-10-12(21-2)8-9-15(13)22-3/h5-10,17,20H,1-4H3. The Balaban J connectivity index is 2.72. The molecule has 0 aliphatic rings. The van der Waals surface area contributed by atoms with Crippen LogP contribution in [0.3, 0.4) is 0 Å². The molecule has 23 heavy (non-hydrogen) atoms. The molecule has 0 saturated carbocycles. The second-order valence-electron chi connectivity index (χ2n) is 5.04. The third-order valence-electron chi connectivity index (χ3n) is 3.71. The van der Waals surface area contributed by atoms with Gasteiger partial charge in [0.15, 0.2) is 0 Å². The van der Waals surface area contributed by atoms with Crippen LogP contribution in [-0.4, -0.2) is 32.2 Å². The van der Waals surface area contributed by atoms with Crippen molar-refractivity contribution in [2.75, 3.05) is 21.3 Å². The molecule has 2 rings (SSSR count). The number of benzene rings is 2. The number of rotatable bonds is 6. The Morgan fingerprint density at radius 1 is 1.00 bits per heavy atom. The van der Waals surface area contributed by atoms with Gasteiger partial charge in [0.05, 0.1) is 32.8 Å². The third kappa shape index (κ3) is 3.23. The number of aromatic hydroxyl groups is 1. The lowest BCUT2D eigenvalue weighted by molar-refractivity contribution is -0.117. The van der Waals surface area contributed by atoms with Crippen molar-refractivity contribution in [1.82, 2.24) is 0 Å². The van der Waals surface area contributed by atoms with Crippen LogP contribution in [0.15, 0.2) is 36.4 Å². The predicted molar refractivity (Wildman–Crippen MR) is 86.7 cm³/mol. The minimum Gasteiger partial charge on any atom is -0.507 e. The minimum atomic E-state index is -0.726. The summed E-state index contributed by atoms with van der Waals surface area (Å²) in [4.78, 5) is 12.4. The molecular weight excluding hydrogens is 296 g/mol. The van der Waals surface area contributed by atoms with Crippen LogP contribution in [0, 0.1) is 0 Å². The van der Waals surface area contributed by atoms with Gasteiger partial charge in [-0.05, 0) is 37.3 Å². The zero-order valence-electron chi connectivity index (χ0n) is 13.6. The Morgan fingerprint density at radius 3 is 2.26 bits per heavy atom. The normalized spacial score (nSPS) is 11.7. The molecule has 5 nitrogen and oxygen atoms in total. The Morgan fingerprint density at radius 2 is 1.70 bits per heavy atom. The lowest BCUT2D eigenvalue weighted by atomic mass is 9.86. The van der Waals surface area contributed by atoms with E-state index in [2.05, 4.69) is 0 Å². The van der Waals surface area contributed by atoms with E-state index in [1.54, 1.807) is 37.4 Å².